The number of nitrogens with zero attached hydrogens (tertiary/aromatic N) is 2. The maximum absolute atomic E-state index is 13.3. The normalized spacial score (nSPS) is 39.3. The molecule has 0 aromatic heterocycles. The highest BCUT2D eigenvalue weighted by molar-refractivity contribution is 5.80. The van der Waals surface area contributed by atoms with Crippen LogP contribution in [0.15, 0.2) is 24.6 Å². The summed E-state index contributed by atoms with van der Waals surface area (Å²) >= 11 is 0. The topological polar surface area (TPSA) is 106 Å². The number of rotatable bonds is 3. The number of aliphatic hydroxyl groups is 2. The Morgan fingerprint density at radius 1 is 1.71 bits per heavy atom. The monoisotopic (exact) mass is 297 g/mol. The van der Waals surface area contributed by atoms with Gasteiger partial charge in [0.1, 0.15) is 24.4 Å². The lowest BCUT2D eigenvalue weighted by Crippen LogP contribution is -2.58. The second-order valence-corrected chi connectivity index (χ2v) is 5.14. The van der Waals surface area contributed by atoms with E-state index in [1.165, 1.54) is 19.2 Å². The first-order valence-electron chi connectivity index (χ1n) is 6.30. The minimum atomic E-state index is -2.12. The Kier molecular flexibility index (Phi) is 3.76. The van der Waals surface area contributed by atoms with Gasteiger partial charge >= 0.3 is 6.03 Å². The molecule has 3 N–H and O–H groups in total. The van der Waals surface area contributed by atoms with Gasteiger partial charge in [0.2, 0.25) is 0 Å². The number of nitriles is 1. The fourth-order valence-corrected chi connectivity index (χ4v) is 2.52. The van der Waals surface area contributed by atoms with Gasteiger partial charge < -0.3 is 20.3 Å². The van der Waals surface area contributed by atoms with Gasteiger partial charge in [-0.25, -0.2) is 9.18 Å². The third-order valence-electron chi connectivity index (χ3n) is 3.99. The molecule has 2 aliphatic heterocycles. The second-order valence-electron chi connectivity index (χ2n) is 5.14. The van der Waals surface area contributed by atoms with E-state index in [1.807, 2.05) is 0 Å². The number of amides is 2. The van der Waals surface area contributed by atoms with Crippen molar-refractivity contribution in [2.24, 2.45) is 5.92 Å². The number of hydrogen-bond donors (Lipinski definition) is 3. The van der Waals surface area contributed by atoms with E-state index in [4.69, 9.17) is 4.74 Å². The van der Waals surface area contributed by atoms with Crippen molar-refractivity contribution in [1.29, 1.82) is 5.26 Å². The summed E-state index contributed by atoms with van der Waals surface area (Å²) in [5.41, 5.74) is -3.54. The van der Waals surface area contributed by atoms with E-state index in [1.54, 1.807) is 6.07 Å². The van der Waals surface area contributed by atoms with E-state index in [0.717, 1.165) is 4.90 Å². The van der Waals surface area contributed by atoms with Gasteiger partial charge in [0.05, 0.1) is 6.61 Å². The first-order chi connectivity index (χ1) is 9.86. The predicted octanol–water partition coefficient (Wildman–Crippen LogP) is -0.0133. The largest absolute Gasteiger partial charge is 0.393 e. The zero-order chi connectivity index (χ0) is 15.8. The van der Waals surface area contributed by atoms with Crippen molar-refractivity contribution in [2.75, 3.05) is 13.3 Å². The number of nitrogens with one attached hydrogen (secondary N) is 1. The average Bonchev–Trinajstić information content (AvgIpc) is 2.70. The molecule has 1 fully saturated rings. The summed E-state index contributed by atoms with van der Waals surface area (Å²) in [4.78, 5) is 12.8. The van der Waals surface area contributed by atoms with Crippen LogP contribution in [-0.4, -0.2) is 51.9 Å². The number of ether oxygens (including phenoxy) is 1. The molecular weight excluding hydrogens is 281 g/mol. The maximum Gasteiger partial charge on any atom is 0.329 e. The van der Waals surface area contributed by atoms with Crippen LogP contribution in [0.1, 0.15) is 6.92 Å². The molecule has 2 heterocycles. The van der Waals surface area contributed by atoms with Gasteiger partial charge in [0.25, 0.3) is 5.72 Å². The molecule has 0 spiro atoms. The van der Waals surface area contributed by atoms with Crippen LogP contribution in [0.3, 0.4) is 0 Å². The molecule has 2 amide bonds. The minimum absolute atomic E-state index is 0.309. The van der Waals surface area contributed by atoms with Crippen LogP contribution in [0.5, 0.6) is 0 Å². The zero-order valence-electron chi connectivity index (χ0n) is 11.4. The van der Waals surface area contributed by atoms with Crippen LogP contribution in [0.4, 0.5) is 9.18 Å². The van der Waals surface area contributed by atoms with Gasteiger partial charge in [0.15, 0.2) is 0 Å². The number of halogens is 1. The fourth-order valence-electron chi connectivity index (χ4n) is 2.52. The highest BCUT2D eigenvalue weighted by atomic mass is 19.1. The molecule has 1 saturated heterocycles. The first kappa shape index (κ1) is 15.4. The molecule has 0 bridgehead atoms. The van der Waals surface area contributed by atoms with E-state index >= 15 is 0 Å². The van der Waals surface area contributed by atoms with Gasteiger partial charge in [0, 0.05) is 17.8 Å². The lowest BCUT2D eigenvalue weighted by Gasteiger charge is -2.37. The van der Waals surface area contributed by atoms with Crippen LogP contribution in [0, 0.1) is 17.2 Å². The van der Waals surface area contributed by atoms with Crippen LogP contribution >= 0.6 is 0 Å². The minimum Gasteiger partial charge on any atom is -0.393 e. The Labute approximate surface area is 120 Å². The number of allylic oxidation sites excluding steroid dienone is 1. The lowest BCUT2D eigenvalue weighted by atomic mass is 9.86. The summed E-state index contributed by atoms with van der Waals surface area (Å²) in [7, 11) is 0. The van der Waals surface area contributed by atoms with Crippen LogP contribution < -0.4 is 5.32 Å². The standard InChI is InChI=1S/C13H16FN3O4/c1-8-3-4-17(11(20)16-8)13(6-15)10(19)9(2)12(5-14,7-18)21-13/h3-4,9-10,18-19H,1,5,7H2,2H3,(H,16,20)/t9-,10+,12+,13+/m0/s1. The number of alkyl halides is 1. The van der Waals surface area contributed by atoms with Gasteiger partial charge in [-0.2, -0.15) is 5.26 Å². The summed E-state index contributed by atoms with van der Waals surface area (Å²) in [5.74, 6) is -0.890. The Hall–Kier alpha value is -1.95. The van der Waals surface area contributed by atoms with Crippen LogP contribution in [0.2, 0.25) is 0 Å². The second kappa shape index (κ2) is 5.11. The molecule has 0 aliphatic carbocycles. The molecule has 8 heteroatoms. The highest BCUT2D eigenvalue weighted by Gasteiger charge is 2.65. The molecule has 0 aromatic rings. The predicted molar refractivity (Wildman–Crippen MR) is 69.0 cm³/mol. The van der Waals surface area contributed by atoms with Crippen molar-refractivity contribution in [1.82, 2.24) is 10.2 Å². The molecule has 2 rings (SSSR count). The summed E-state index contributed by atoms with van der Waals surface area (Å²) in [6.45, 7) is 3.16. The Bertz CT molecular complexity index is 540. The Morgan fingerprint density at radius 2 is 2.38 bits per heavy atom. The molecule has 0 radical (unpaired) electrons. The summed E-state index contributed by atoms with van der Waals surface area (Å²) in [6.07, 6.45) is 1.15. The van der Waals surface area contributed by atoms with E-state index in [-0.39, 0.29) is 0 Å². The molecule has 0 aromatic carbocycles. The molecule has 2 aliphatic rings. The number of aliphatic hydroxyl groups excluding tert-OH is 2. The van der Waals surface area contributed by atoms with E-state index < -0.39 is 42.7 Å². The quantitative estimate of drug-likeness (QED) is 0.679. The van der Waals surface area contributed by atoms with Crippen molar-refractivity contribution < 1.29 is 24.1 Å². The molecular formula is C13H16FN3O4. The van der Waals surface area contributed by atoms with Crippen molar-refractivity contribution in [2.45, 2.75) is 24.4 Å². The van der Waals surface area contributed by atoms with Gasteiger partial charge in [-0.05, 0) is 6.08 Å². The molecule has 114 valence electrons. The van der Waals surface area contributed by atoms with Crippen molar-refractivity contribution in [3.8, 4) is 6.07 Å². The number of carbonyl (C=O) groups excluding carboxylic acids is 1. The third kappa shape index (κ3) is 2.01. The van der Waals surface area contributed by atoms with Crippen molar-refractivity contribution in [3.63, 3.8) is 0 Å². The average molecular weight is 297 g/mol. The first-order valence-corrected chi connectivity index (χ1v) is 6.30. The van der Waals surface area contributed by atoms with E-state index in [0.29, 0.717) is 5.70 Å². The Balaban J connectivity index is 2.48. The zero-order valence-corrected chi connectivity index (χ0v) is 11.4. The van der Waals surface area contributed by atoms with Crippen molar-refractivity contribution in [3.05, 3.63) is 24.6 Å². The smallest absolute Gasteiger partial charge is 0.329 e. The van der Waals surface area contributed by atoms with E-state index in [2.05, 4.69) is 11.9 Å². The summed E-state index contributed by atoms with van der Waals surface area (Å²) in [5, 5.41) is 31.6. The number of hydrogen-bond acceptors (Lipinski definition) is 5. The fraction of sp³-hybridized carbons (Fsp3) is 0.538. The summed E-state index contributed by atoms with van der Waals surface area (Å²) < 4.78 is 18.7. The van der Waals surface area contributed by atoms with Crippen molar-refractivity contribution >= 4 is 6.03 Å². The molecule has 4 atom stereocenters. The van der Waals surface area contributed by atoms with Crippen LogP contribution in [-0.2, 0) is 4.74 Å². The van der Waals surface area contributed by atoms with Crippen LogP contribution in [0.25, 0.3) is 0 Å². The van der Waals surface area contributed by atoms with Gasteiger partial charge in [-0.15, -0.1) is 0 Å². The van der Waals surface area contributed by atoms with Gasteiger partial charge in [-0.1, -0.05) is 13.5 Å². The van der Waals surface area contributed by atoms with Gasteiger partial charge in [-0.3, -0.25) is 4.90 Å². The maximum atomic E-state index is 13.3. The third-order valence-corrected chi connectivity index (χ3v) is 3.99. The molecule has 7 nitrogen and oxygen atoms in total. The highest BCUT2D eigenvalue weighted by Crippen LogP contribution is 2.45. The number of urea groups is 1. The Morgan fingerprint density at radius 3 is 2.81 bits per heavy atom. The molecule has 21 heavy (non-hydrogen) atoms. The molecule has 0 unspecified atom stereocenters. The molecule has 0 saturated carbocycles. The summed E-state index contributed by atoms with van der Waals surface area (Å²) in [6, 6.07) is 0.997. The van der Waals surface area contributed by atoms with E-state index in [9.17, 15) is 24.7 Å². The SMILES string of the molecule is C=C1C=CN([C@]2(C#N)O[C@@](CO)(CF)[C@@H](C)[C@H]2O)C(=O)N1. The number of carbonyl (C=O) groups is 1. The lowest BCUT2D eigenvalue weighted by molar-refractivity contribution is -0.166.